The normalized spacial score (nSPS) is 6.14. The van der Waals surface area contributed by atoms with Crippen molar-refractivity contribution in [2.24, 2.45) is 5.73 Å². The Hall–Kier alpha value is -1.44. The van der Waals surface area contributed by atoms with Crippen LogP contribution < -0.4 is 16.6 Å². The van der Waals surface area contributed by atoms with Gasteiger partial charge < -0.3 is 5.73 Å². The van der Waals surface area contributed by atoms with Crippen molar-refractivity contribution in [3.63, 3.8) is 0 Å². The predicted molar refractivity (Wildman–Crippen MR) is 22.6 cm³/mol. The lowest BCUT2D eigenvalue weighted by molar-refractivity contribution is 0.247. The van der Waals surface area contributed by atoms with Gasteiger partial charge in [0.15, 0.2) is 6.19 Å². The summed E-state index contributed by atoms with van der Waals surface area (Å²) in [6.07, 6.45) is 1.44. The molecule has 0 aliphatic rings. The second kappa shape index (κ2) is 2.78. The molecule has 0 aliphatic heterocycles. The minimum atomic E-state index is -0.776. The average Bonchev–Trinajstić information content (AvgIpc) is 1.61. The highest BCUT2D eigenvalue weighted by atomic mass is 16.2. The Morgan fingerprint density at radius 3 is 2.71 bits per heavy atom. The molecule has 0 aromatic heterocycles. The van der Waals surface area contributed by atoms with Gasteiger partial charge in [0.2, 0.25) is 0 Å². The van der Waals surface area contributed by atoms with Gasteiger partial charge in [0.25, 0.3) is 0 Å². The van der Waals surface area contributed by atoms with Gasteiger partial charge >= 0.3 is 7.46 Å². The Bertz CT molecular complexity index is 107. The average molecular weight is 101 g/mol. The summed E-state index contributed by atoms with van der Waals surface area (Å²) in [5, 5.41) is 7.68. The monoisotopic (exact) mass is 101 g/mol. The molecule has 0 radical (unpaired) electrons. The third kappa shape index (κ3) is 4.56. The fourth-order valence-electron chi connectivity index (χ4n) is 0.0896. The highest BCUT2D eigenvalue weighted by Gasteiger charge is 1.81. The third-order valence-electron chi connectivity index (χ3n) is 0.242. The van der Waals surface area contributed by atoms with Crippen molar-refractivity contribution in [3.05, 3.63) is 0 Å². The van der Waals surface area contributed by atoms with Crippen LogP contribution in [0.4, 0.5) is 4.79 Å². The molecule has 2 amide bonds. The molecule has 0 heterocycles. The zero-order valence-electron chi connectivity index (χ0n) is 4.43. The predicted octanol–water partition coefficient (Wildman–Crippen LogP) is -1.25. The highest BCUT2D eigenvalue weighted by Crippen LogP contribution is 1.42. The topological polar surface area (TPSA) is 90.9 Å². The molecule has 0 unspecified atom stereocenters. The quantitative estimate of drug-likeness (QED) is 0.219. The Morgan fingerprint density at radius 1 is 2.00 bits per heavy atom. The van der Waals surface area contributed by atoms with Crippen molar-refractivity contribution in [1.82, 2.24) is 10.9 Å². The molecule has 5 heteroatoms. The summed E-state index contributed by atoms with van der Waals surface area (Å²) in [5.74, 6) is 0. The van der Waals surface area contributed by atoms with Gasteiger partial charge in [0.05, 0.1) is 0 Å². The second-order valence-corrected chi connectivity index (χ2v) is 0.726. The van der Waals surface area contributed by atoms with Crippen LogP contribution >= 0.6 is 0 Å². The number of carbonyl (C=O) groups excluding carboxylic acids is 1. The number of nitriles is 1. The van der Waals surface area contributed by atoms with Gasteiger partial charge in [0, 0.05) is 0 Å². The van der Waals surface area contributed by atoms with Crippen molar-refractivity contribution in [3.8, 4) is 6.19 Å². The van der Waals surface area contributed by atoms with Crippen molar-refractivity contribution in [1.29, 1.82) is 5.26 Å². The van der Waals surface area contributed by atoms with E-state index in [4.69, 9.17) is 5.26 Å². The number of carbonyl (C=O) groups is 1. The number of nitrogens with one attached hydrogen (secondary N) is 2. The van der Waals surface area contributed by atoms with Gasteiger partial charge in [-0.3, -0.25) is 0 Å². The van der Waals surface area contributed by atoms with Crippen LogP contribution in [0.2, 0.25) is 0 Å². The minimum Gasteiger partial charge on any atom is -0.350 e. The number of hydrazine groups is 1. The van der Waals surface area contributed by atoms with Crippen LogP contribution in [0.3, 0.4) is 0 Å². The Kier molecular flexibility index (Phi) is 2.21. The van der Waals surface area contributed by atoms with Crippen LogP contribution in [0, 0.1) is 11.5 Å². The Balaban J connectivity index is 0. The molecule has 7 heavy (non-hydrogen) atoms. The van der Waals surface area contributed by atoms with Crippen molar-refractivity contribution in [2.45, 2.75) is 0 Å². The molecular formula is C2H5N4O+. The van der Waals surface area contributed by atoms with Crippen molar-refractivity contribution in [2.75, 3.05) is 0 Å². The summed E-state index contributed by atoms with van der Waals surface area (Å²) >= 11 is 0. The summed E-state index contributed by atoms with van der Waals surface area (Å²) in [5.41, 5.74) is 8.17. The molecule has 0 aromatic rings. The number of rotatable bonds is 1. The van der Waals surface area contributed by atoms with Gasteiger partial charge in [0.1, 0.15) is 0 Å². The van der Waals surface area contributed by atoms with Crippen LogP contribution in [-0.4, -0.2) is 6.03 Å². The first-order valence-electron chi connectivity index (χ1n) is 1.47. The fraction of sp³-hybridized carbons (Fsp3) is 0. The molecule has 0 aliphatic carbocycles. The Labute approximate surface area is 41.6 Å². The number of amides is 2. The molecule has 0 spiro atoms. The zero-order chi connectivity index (χ0) is 5.70. The van der Waals surface area contributed by atoms with E-state index in [0.29, 0.717) is 0 Å². The molecule has 0 atom stereocenters. The summed E-state index contributed by atoms with van der Waals surface area (Å²) in [6, 6.07) is -0.776. The lowest BCUT2D eigenvalue weighted by Gasteiger charge is -1.90. The maximum absolute atomic E-state index is 9.66. The van der Waals surface area contributed by atoms with E-state index in [9.17, 15) is 4.79 Å². The first-order chi connectivity index (χ1) is 3.27. The summed E-state index contributed by atoms with van der Waals surface area (Å²) in [6.45, 7) is 0. The fourth-order valence-corrected chi connectivity index (χ4v) is 0.0896. The molecular weight excluding hydrogens is 96.0 g/mol. The van der Waals surface area contributed by atoms with Gasteiger partial charge in [-0.05, 0) is 0 Å². The smallest absolute Gasteiger partial charge is 0.350 e. The largest absolute Gasteiger partial charge is 1.00 e. The molecule has 0 saturated heterocycles. The van der Waals surface area contributed by atoms with E-state index in [-0.39, 0.29) is 1.43 Å². The standard InChI is InChI=1S/C2H4N4O/c3-1-5-6-2(4)7/h5H,(H3,4,6,7)/p+1. The molecule has 0 saturated carbocycles. The number of nitrogens with zero attached hydrogens (tertiary/aromatic N) is 1. The molecule has 38 valence electrons. The molecule has 0 rings (SSSR count). The summed E-state index contributed by atoms with van der Waals surface area (Å²) < 4.78 is 0. The SMILES string of the molecule is N#CNNC(N)=O.[H+]. The van der Waals surface area contributed by atoms with Crippen LogP contribution in [0.15, 0.2) is 0 Å². The van der Waals surface area contributed by atoms with Gasteiger partial charge in [-0.1, -0.05) is 0 Å². The van der Waals surface area contributed by atoms with Crippen LogP contribution in [0.5, 0.6) is 0 Å². The second-order valence-electron chi connectivity index (χ2n) is 0.726. The molecule has 4 N–H and O–H groups in total. The zero-order valence-corrected chi connectivity index (χ0v) is 3.43. The first-order valence-corrected chi connectivity index (χ1v) is 1.47. The van der Waals surface area contributed by atoms with E-state index in [0.717, 1.165) is 0 Å². The van der Waals surface area contributed by atoms with E-state index >= 15 is 0 Å². The van der Waals surface area contributed by atoms with E-state index in [1.807, 2.05) is 10.9 Å². The third-order valence-corrected chi connectivity index (χ3v) is 0.242. The summed E-state index contributed by atoms with van der Waals surface area (Å²) in [7, 11) is 0. The Morgan fingerprint density at radius 2 is 2.57 bits per heavy atom. The lowest BCUT2D eigenvalue weighted by Crippen LogP contribution is -2.37. The molecule has 0 bridgehead atoms. The van der Waals surface area contributed by atoms with Crippen LogP contribution in [0.1, 0.15) is 1.43 Å². The van der Waals surface area contributed by atoms with Gasteiger partial charge in [-0.2, -0.15) is 5.26 Å². The van der Waals surface area contributed by atoms with Crippen molar-refractivity contribution >= 4 is 6.03 Å². The first kappa shape index (κ1) is 5.56. The van der Waals surface area contributed by atoms with E-state index < -0.39 is 6.03 Å². The number of nitrogens with two attached hydrogens (primary N) is 1. The van der Waals surface area contributed by atoms with Crippen LogP contribution in [0.25, 0.3) is 0 Å². The number of primary amides is 1. The number of hydrogen-bond acceptors (Lipinski definition) is 3. The maximum atomic E-state index is 9.66. The van der Waals surface area contributed by atoms with Crippen molar-refractivity contribution < 1.29 is 6.22 Å². The summed E-state index contributed by atoms with van der Waals surface area (Å²) in [4.78, 5) is 9.66. The number of urea groups is 1. The maximum Gasteiger partial charge on any atom is 1.00 e. The highest BCUT2D eigenvalue weighted by molar-refractivity contribution is 5.71. The molecule has 5 nitrogen and oxygen atoms in total. The van der Waals surface area contributed by atoms with Crippen LogP contribution in [-0.2, 0) is 0 Å². The van der Waals surface area contributed by atoms with Gasteiger partial charge in [-0.15, -0.1) is 0 Å². The van der Waals surface area contributed by atoms with E-state index in [1.165, 1.54) is 6.19 Å². The lowest BCUT2D eigenvalue weighted by atomic mass is 11.1. The van der Waals surface area contributed by atoms with E-state index in [2.05, 4.69) is 5.73 Å². The van der Waals surface area contributed by atoms with E-state index in [1.54, 1.807) is 0 Å². The number of hydrogen-bond donors (Lipinski definition) is 3. The molecule has 0 aromatic carbocycles. The van der Waals surface area contributed by atoms with Gasteiger partial charge in [-0.25, -0.2) is 15.6 Å². The minimum absolute atomic E-state index is 0. The molecule has 0 fully saturated rings.